The lowest BCUT2D eigenvalue weighted by Gasteiger charge is -2.27. The molecule has 1 saturated carbocycles. The normalized spacial score (nSPS) is 18.2. The number of carbonyl (C=O) groups is 2. The molecule has 3 aromatic carbocycles. The van der Waals surface area contributed by atoms with Gasteiger partial charge in [0.15, 0.2) is 0 Å². The molecule has 4 aromatic rings. The summed E-state index contributed by atoms with van der Waals surface area (Å²) in [7, 11) is 0. The molecule has 1 fully saturated rings. The monoisotopic (exact) mass is 568 g/mol. The second-order valence-electron chi connectivity index (χ2n) is 11.0. The van der Waals surface area contributed by atoms with E-state index >= 15 is 0 Å². The van der Waals surface area contributed by atoms with E-state index in [2.05, 4.69) is 0 Å². The summed E-state index contributed by atoms with van der Waals surface area (Å²) < 4.78 is 7.62. The van der Waals surface area contributed by atoms with Crippen LogP contribution in [0.3, 0.4) is 0 Å². The molecule has 210 valence electrons. The molecule has 2 aliphatic rings. The first-order chi connectivity index (χ1) is 19.9. The summed E-state index contributed by atoms with van der Waals surface area (Å²) >= 11 is 6.16. The zero-order valence-electron chi connectivity index (χ0n) is 23.1. The van der Waals surface area contributed by atoms with E-state index in [1.165, 1.54) is 0 Å². The first-order valence-corrected chi connectivity index (χ1v) is 14.5. The third-order valence-electron chi connectivity index (χ3n) is 8.36. The zero-order chi connectivity index (χ0) is 28.5. The Morgan fingerprint density at radius 1 is 1.02 bits per heavy atom. The number of carbonyl (C=O) groups excluding carboxylic acids is 2. The number of hydrogen-bond donors (Lipinski definition) is 1. The first kappa shape index (κ1) is 27.1. The molecule has 0 atom stereocenters. The van der Waals surface area contributed by atoms with Crippen molar-refractivity contribution >= 4 is 34.9 Å². The molecule has 8 heteroatoms. The van der Waals surface area contributed by atoms with E-state index < -0.39 is 0 Å². The quantitative estimate of drug-likeness (QED) is 0.208. The number of anilines is 2. The highest BCUT2D eigenvalue weighted by molar-refractivity contribution is 6.30. The van der Waals surface area contributed by atoms with Crippen LogP contribution in [-0.2, 0) is 22.6 Å². The summed E-state index contributed by atoms with van der Waals surface area (Å²) in [6, 6.07) is 19.2. The number of nitrogen functional groups attached to an aromatic ring is 1. The fraction of sp³-hybridized carbons (Fsp3) is 0.303. The standard InChI is InChI=1S/C33H33ClN4O3/c1-21-17-30(28(35)19-27(21)32(39)38-15-13-25-18-26(34)11-12-29(25)38)37-16-14-36-31(37)23-7-9-24(10-8-23)33(40)41-20-22-5-3-2-4-6-22/h2-6,11-12,14,16-19,23-24H,7-10,13,15,20,35H2,1H3. The highest BCUT2D eigenvalue weighted by Crippen LogP contribution is 2.38. The third kappa shape index (κ3) is 5.46. The minimum Gasteiger partial charge on any atom is -0.461 e. The lowest BCUT2D eigenvalue weighted by Crippen LogP contribution is -2.29. The van der Waals surface area contributed by atoms with Crippen LogP contribution in [0.25, 0.3) is 5.69 Å². The van der Waals surface area contributed by atoms with Gasteiger partial charge in [0.1, 0.15) is 12.4 Å². The van der Waals surface area contributed by atoms with E-state index in [1.54, 1.807) is 17.2 Å². The number of rotatable bonds is 6. The van der Waals surface area contributed by atoms with Gasteiger partial charge < -0.3 is 19.9 Å². The Balaban J connectivity index is 1.15. The molecule has 0 radical (unpaired) electrons. The molecule has 1 aliphatic carbocycles. The van der Waals surface area contributed by atoms with Crippen LogP contribution in [0.15, 0.2) is 73.1 Å². The average molecular weight is 569 g/mol. The number of benzene rings is 3. The molecule has 6 rings (SSSR count). The van der Waals surface area contributed by atoms with Gasteiger partial charge in [-0.2, -0.15) is 0 Å². The van der Waals surface area contributed by atoms with Gasteiger partial charge in [-0.3, -0.25) is 9.59 Å². The molecule has 1 aromatic heterocycles. The topological polar surface area (TPSA) is 90.5 Å². The number of aromatic nitrogens is 2. The molecule has 0 saturated heterocycles. The lowest BCUT2D eigenvalue weighted by atomic mass is 9.81. The summed E-state index contributed by atoms with van der Waals surface area (Å²) in [4.78, 5) is 32.8. The van der Waals surface area contributed by atoms with Gasteiger partial charge in [0, 0.05) is 41.1 Å². The second-order valence-corrected chi connectivity index (χ2v) is 11.4. The van der Waals surface area contributed by atoms with E-state index in [0.29, 0.717) is 29.4 Å². The highest BCUT2D eigenvalue weighted by atomic mass is 35.5. The fourth-order valence-corrected chi connectivity index (χ4v) is 6.32. The van der Waals surface area contributed by atoms with Crippen molar-refractivity contribution in [3.8, 4) is 5.69 Å². The molecule has 2 heterocycles. The van der Waals surface area contributed by atoms with Crippen molar-refractivity contribution in [2.45, 2.75) is 51.6 Å². The van der Waals surface area contributed by atoms with Crippen LogP contribution < -0.4 is 10.6 Å². The molecule has 41 heavy (non-hydrogen) atoms. The van der Waals surface area contributed by atoms with E-state index in [-0.39, 0.29) is 23.7 Å². The fourth-order valence-electron chi connectivity index (χ4n) is 6.13. The number of imidazole rings is 1. The molecule has 2 N–H and O–H groups in total. The summed E-state index contributed by atoms with van der Waals surface area (Å²) in [6.45, 7) is 2.86. The minimum absolute atomic E-state index is 0.0647. The van der Waals surface area contributed by atoms with Crippen LogP contribution >= 0.6 is 11.6 Å². The average Bonchev–Trinajstić information content (AvgIpc) is 3.64. The van der Waals surface area contributed by atoms with E-state index in [9.17, 15) is 9.59 Å². The zero-order valence-corrected chi connectivity index (χ0v) is 23.8. The van der Waals surface area contributed by atoms with Crippen molar-refractivity contribution in [3.63, 3.8) is 0 Å². The smallest absolute Gasteiger partial charge is 0.309 e. The van der Waals surface area contributed by atoms with Gasteiger partial charge in [0.05, 0.1) is 17.3 Å². The summed E-state index contributed by atoms with van der Waals surface area (Å²) in [6.07, 6.45) is 7.69. The Kier molecular flexibility index (Phi) is 7.54. The minimum atomic E-state index is -0.125. The van der Waals surface area contributed by atoms with Crippen molar-refractivity contribution in [2.75, 3.05) is 17.2 Å². The van der Waals surface area contributed by atoms with E-state index in [1.807, 2.05) is 72.3 Å². The lowest BCUT2D eigenvalue weighted by molar-refractivity contribution is -0.151. The number of fused-ring (bicyclic) bond motifs is 1. The number of amides is 1. The van der Waals surface area contributed by atoms with E-state index in [4.69, 9.17) is 27.1 Å². The molecule has 0 unspecified atom stereocenters. The van der Waals surface area contributed by atoms with Crippen molar-refractivity contribution < 1.29 is 14.3 Å². The summed E-state index contributed by atoms with van der Waals surface area (Å²) in [5.41, 5.74) is 12.3. The van der Waals surface area contributed by atoms with Crippen LogP contribution in [0.2, 0.25) is 5.02 Å². The first-order valence-electron chi connectivity index (χ1n) is 14.1. The summed E-state index contributed by atoms with van der Waals surface area (Å²) in [5, 5.41) is 0.676. The number of hydrogen-bond acceptors (Lipinski definition) is 5. The molecule has 0 spiro atoms. The molecule has 7 nitrogen and oxygen atoms in total. The van der Waals surface area contributed by atoms with Gasteiger partial charge in [-0.15, -0.1) is 0 Å². The molecular weight excluding hydrogens is 536 g/mol. The summed E-state index contributed by atoms with van der Waals surface area (Å²) in [5.74, 6) is 0.848. The van der Waals surface area contributed by atoms with Gasteiger partial charge in [-0.25, -0.2) is 4.98 Å². The van der Waals surface area contributed by atoms with E-state index in [0.717, 1.165) is 66.0 Å². The van der Waals surface area contributed by atoms with Crippen LogP contribution in [0, 0.1) is 12.8 Å². The highest BCUT2D eigenvalue weighted by Gasteiger charge is 2.31. The Bertz CT molecular complexity index is 1590. The predicted octanol–water partition coefficient (Wildman–Crippen LogP) is 6.64. The Labute approximate surface area is 244 Å². The van der Waals surface area contributed by atoms with Crippen molar-refractivity contribution in [2.24, 2.45) is 5.92 Å². The number of ether oxygens (including phenoxy) is 1. The third-order valence-corrected chi connectivity index (χ3v) is 8.60. The maximum Gasteiger partial charge on any atom is 0.309 e. The Morgan fingerprint density at radius 2 is 1.80 bits per heavy atom. The van der Waals surface area contributed by atoms with Gasteiger partial charge >= 0.3 is 5.97 Å². The second kappa shape index (κ2) is 11.4. The van der Waals surface area contributed by atoms with Gasteiger partial charge in [0.2, 0.25) is 0 Å². The maximum absolute atomic E-state index is 13.6. The van der Waals surface area contributed by atoms with Crippen LogP contribution in [0.1, 0.15) is 64.5 Å². The predicted molar refractivity (Wildman–Crippen MR) is 160 cm³/mol. The van der Waals surface area contributed by atoms with Crippen molar-refractivity contribution in [1.29, 1.82) is 0 Å². The van der Waals surface area contributed by atoms with Crippen LogP contribution in [0.5, 0.6) is 0 Å². The molecule has 1 amide bonds. The molecule has 0 bridgehead atoms. The number of nitrogens with two attached hydrogens (primary N) is 1. The Morgan fingerprint density at radius 3 is 2.59 bits per heavy atom. The maximum atomic E-state index is 13.6. The molecule has 1 aliphatic heterocycles. The molecular formula is C33H33ClN4O3. The van der Waals surface area contributed by atoms with Gasteiger partial charge in [-0.05, 0) is 86.1 Å². The number of halogens is 1. The number of nitrogens with zero attached hydrogens (tertiary/aromatic N) is 3. The van der Waals surface area contributed by atoms with Crippen LogP contribution in [0.4, 0.5) is 11.4 Å². The largest absolute Gasteiger partial charge is 0.461 e. The van der Waals surface area contributed by atoms with Crippen LogP contribution in [-0.4, -0.2) is 28.0 Å². The number of aryl methyl sites for hydroxylation is 1. The Hall–Kier alpha value is -4.10. The SMILES string of the molecule is Cc1cc(-n2ccnc2C2CCC(C(=O)OCc3ccccc3)CC2)c(N)cc1C(=O)N1CCc2cc(Cl)ccc21. The van der Waals surface area contributed by atoms with Gasteiger partial charge in [0.25, 0.3) is 5.91 Å². The van der Waals surface area contributed by atoms with Gasteiger partial charge in [-0.1, -0.05) is 41.9 Å². The van der Waals surface area contributed by atoms with Crippen molar-refractivity contribution in [3.05, 3.63) is 106 Å². The number of esters is 1. The van der Waals surface area contributed by atoms with Crippen molar-refractivity contribution in [1.82, 2.24) is 9.55 Å².